The van der Waals surface area contributed by atoms with E-state index in [2.05, 4.69) is 0 Å². The highest BCUT2D eigenvalue weighted by Crippen LogP contribution is 2.24. The topological polar surface area (TPSA) is 82.6 Å². The molecule has 6 nitrogen and oxygen atoms in total. The summed E-state index contributed by atoms with van der Waals surface area (Å²) < 4.78 is 10.3. The maximum atomic E-state index is 11.2. The zero-order valence-corrected chi connectivity index (χ0v) is 11.3. The third-order valence-electron chi connectivity index (χ3n) is 2.66. The molecule has 108 valence electrons. The molecule has 0 radical (unpaired) electrons. The molecule has 1 aromatic heterocycles. The Kier molecular flexibility index (Phi) is 4.50. The Balaban J connectivity index is 2.12. The molecule has 0 spiro atoms. The van der Waals surface area contributed by atoms with Crippen molar-refractivity contribution in [3.05, 3.63) is 58.3 Å². The smallest absolute Gasteiger partial charge is 0.330 e. The lowest BCUT2D eigenvalue weighted by Crippen LogP contribution is -1.98. The van der Waals surface area contributed by atoms with Gasteiger partial charge in [-0.05, 0) is 37.3 Å². The molecule has 0 fully saturated rings. The molecule has 6 heteroatoms. The first-order valence-corrected chi connectivity index (χ1v) is 6.29. The monoisotopic (exact) mass is 287 g/mol. The van der Waals surface area contributed by atoms with Gasteiger partial charge in [0.15, 0.2) is 0 Å². The zero-order chi connectivity index (χ0) is 15.2. The van der Waals surface area contributed by atoms with Gasteiger partial charge in [0.2, 0.25) is 0 Å². The van der Waals surface area contributed by atoms with E-state index in [-0.39, 0.29) is 5.69 Å². The number of carbonyl (C=O) groups is 1. The fraction of sp³-hybridized carbons (Fsp3) is 0.133. The van der Waals surface area contributed by atoms with E-state index >= 15 is 0 Å². The molecule has 2 aromatic rings. The molecule has 0 aliphatic carbocycles. The van der Waals surface area contributed by atoms with Crippen LogP contribution in [0, 0.1) is 10.1 Å². The number of non-ortho nitro benzene ring substituents is 1. The van der Waals surface area contributed by atoms with E-state index in [4.69, 9.17) is 9.15 Å². The summed E-state index contributed by atoms with van der Waals surface area (Å²) in [5.41, 5.74) is 0.740. The quantitative estimate of drug-likeness (QED) is 0.364. The van der Waals surface area contributed by atoms with Crippen LogP contribution in [-0.2, 0) is 9.53 Å². The van der Waals surface area contributed by atoms with Crippen LogP contribution in [0.3, 0.4) is 0 Å². The van der Waals surface area contributed by atoms with Gasteiger partial charge >= 0.3 is 5.97 Å². The van der Waals surface area contributed by atoms with Crippen molar-refractivity contribution >= 4 is 17.7 Å². The second-order valence-corrected chi connectivity index (χ2v) is 4.09. The van der Waals surface area contributed by atoms with Crippen LogP contribution in [0.15, 0.2) is 46.9 Å². The SMILES string of the molecule is CCOC(=O)C=Cc1ccc(-c2ccc([N+](=O)[O-])cc2)o1. The first-order chi connectivity index (χ1) is 10.1. The highest BCUT2D eigenvalue weighted by molar-refractivity contribution is 5.86. The molecule has 1 heterocycles. The number of nitrogens with zero attached hydrogens (tertiary/aromatic N) is 1. The molecule has 0 bridgehead atoms. The second-order valence-electron chi connectivity index (χ2n) is 4.09. The predicted octanol–water partition coefficient (Wildman–Crippen LogP) is 3.43. The summed E-state index contributed by atoms with van der Waals surface area (Å²) in [6, 6.07) is 9.46. The van der Waals surface area contributed by atoms with Crippen molar-refractivity contribution < 1.29 is 18.9 Å². The van der Waals surface area contributed by atoms with Crippen LogP contribution in [0.5, 0.6) is 0 Å². The average molecular weight is 287 g/mol. The van der Waals surface area contributed by atoms with Crippen molar-refractivity contribution in [1.29, 1.82) is 0 Å². The second kappa shape index (κ2) is 6.51. The van der Waals surface area contributed by atoms with Crippen molar-refractivity contribution in [2.75, 3.05) is 6.61 Å². The Morgan fingerprint density at radius 2 is 2.00 bits per heavy atom. The summed E-state index contributed by atoms with van der Waals surface area (Å²) >= 11 is 0. The van der Waals surface area contributed by atoms with E-state index in [0.717, 1.165) is 5.56 Å². The molecular weight excluding hydrogens is 274 g/mol. The van der Waals surface area contributed by atoms with Crippen LogP contribution in [0.2, 0.25) is 0 Å². The predicted molar refractivity (Wildman–Crippen MR) is 76.5 cm³/mol. The van der Waals surface area contributed by atoms with E-state index < -0.39 is 10.9 Å². The van der Waals surface area contributed by atoms with Crippen molar-refractivity contribution in [3.8, 4) is 11.3 Å². The number of ether oxygens (including phenoxy) is 1. The number of nitro benzene ring substituents is 1. The summed E-state index contributed by atoms with van der Waals surface area (Å²) in [4.78, 5) is 21.3. The zero-order valence-electron chi connectivity index (χ0n) is 11.3. The van der Waals surface area contributed by atoms with Gasteiger partial charge in [-0.15, -0.1) is 0 Å². The van der Waals surface area contributed by atoms with Gasteiger partial charge in [0, 0.05) is 23.8 Å². The molecule has 21 heavy (non-hydrogen) atoms. The van der Waals surface area contributed by atoms with Crippen molar-refractivity contribution in [1.82, 2.24) is 0 Å². The highest BCUT2D eigenvalue weighted by Gasteiger charge is 2.07. The molecule has 0 unspecified atom stereocenters. The molecule has 0 saturated carbocycles. The third-order valence-corrected chi connectivity index (χ3v) is 2.66. The number of benzene rings is 1. The lowest BCUT2D eigenvalue weighted by atomic mass is 10.1. The van der Waals surface area contributed by atoms with Crippen molar-refractivity contribution in [3.63, 3.8) is 0 Å². The van der Waals surface area contributed by atoms with Crippen LogP contribution in [0.1, 0.15) is 12.7 Å². The maximum Gasteiger partial charge on any atom is 0.330 e. The number of carbonyl (C=O) groups excluding carboxylic acids is 1. The number of furan rings is 1. The Morgan fingerprint density at radius 3 is 2.62 bits per heavy atom. The Bertz CT molecular complexity index is 670. The minimum Gasteiger partial charge on any atom is -0.463 e. The Labute approximate surface area is 120 Å². The van der Waals surface area contributed by atoms with E-state index in [1.165, 1.54) is 24.3 Å². The van der Waals surface area contributed by atoms with E-state index in [0.29, 0.717) is 18.1 Å². The third kappa shape index (κ3) is 3.79. The van der Waals surface area contributed by atoms with E-state index in [1.54, 1.807) is 31.2 Å². The largest absolute Gasteiger partial charge is 0.463 e. The molecule has 0 aliphatic heterocycles. The van der Waals surface area contributed by atoms with Gasteiger partial charge in [-0.25, -0.2) is 4.79 Å². The number of esters is 1. The Hall–Kier alpha value is -2.89. The first kappa shape index (κ1) is 14.5. The minimum absolute atomic E-state index is 0.0211. The van der Waals surface area contributed by atoms with Gasteiger partial charge in [-0.1, -0.05) is 0 Å². The van der Waals surface area contributed by atoms with Gasteiger partial charge < -0.3 is 9.15 Å². The van der Waals surface area contributed by atoms with Gasteiger partial charge in [0.1, 0.15) is 11.5 Å². The summed E-state index contributed by atoms with van der Waals surface area (Å²) in [5.74, 6) is 0.621. The van der Waals surface area contributed by atoms with Crippen LogP contribution in [0.4, 0.5) is 5.69 Å². The van der Waals surface area contributed by atoms with Gasteiger partial charge in [0.25, 0.3) is 5.69 Å². The lowest BCUT2D eigenvalue weighted by molar-refractivity contribution is -0.384. The molecule has 0 amide bonds. The number of nitro groups is 1. The van der Waals surface area contributed by atoms with Gasteiger partial charge in [0.05, 0.1) is 11.5 Å². The van der Waals surface area contributed by atoms with E-state index in [1.807, 2.05) is 0 Å². The molecule has 0 N–H and O–H groups in total. The molecule has 2 rings (SSSR count). The minimum atomic E-state index is -0.459. The van der Waals surface area contributed by atoms with Crippen molar-refractivity contribution in [2.45, 2.75) is 6.92 Å². The summed E-state index contributed by atoms with van der Waals surface area (Å²) in [6.07, 6.45) is 2.79. The number of hydrogen-bond acceptors (Lipinski definition) is 5. The number of hydrogen-bond donors (Lipinski definition) is 0. The highest BCUT2D eigenvalue weighted by atomic mass is 16.6. The molecule has 0 atom stereocenters. The molecule has 1 aromatic carbocycles. The van der Waals surface area contributed by atoms with Gasteiger partial charge in [-0.3, -0.25) is 10.1 Å². The maximum absolute atomic E-state index is 11.2. The molecular formula is C15H13NO5. The lowest BCUT2D eigenvalue weighted by Gasteiger charge is -1.96. The van der Waals surface area contributed by atoms with Crippen LogP contribution < -0.4 is 0 Å². The van der Waals surface area contributed by atoms with Crippen LogP contribution in [0.25, 0.3) is 17.4 Å². The standard InChI is InChI=1S/C15H13NO5/c1-2-20-15(17)10-8-13-7-9-14(21-13)11-3-5-12(6-4-11)16(18)19/h3-10H,2H2,1H3. The average Bonchev–Trinajstić information content (AvgIpc) is 2.94. The first-order valence-electron chi connectivity index (χ1n) is 6.29. The van der Waals surface area contributed by atoms with Crippen LogP contribution >= 0.6 is 0 Å². The molecule has 0 aliphatic rings. The normalized spacial score (nSPS) is 10.7. The molecule has 0 saturated heterocycles. The van der Waals surface area contributed by atoms with Crippen LogP contribution in [-0.4, -0.2) is 17.5 Å². The summed E-state index contributed by atoms with van der Waals surface area (Å²) in [7, 11) is 0. The summed E-state index contributed by atoms with van der Waals surface area (Å²) in [6.45, 7) is 2.04. The van der Waals surface area contributed by atoms with E-state index in [9.17, 15) is 14.9 Å². The Morgan fingerprint density at radius 1 is 1.29 bits per heavy atom. The fourth-order valence-corrected chi connectivity index (χ4v) is 1.69. The van der Waals surface area contributed by atoms with Crippen molar-refractivity contribution in [2.24, 2.45) is 0 Å². The summed E-state index contributed by atoms with van der Waals surface area (Å²) in [5, 5.41) is 10.6. The van der Waals surface area contributed by atoms with Gasteiger partial charge in [-0.2, -0.15) is 0 Å². The number of rotatable bonds is 5. The fourth-order valence-electron chi connectivity index (χ4n) is 1.69.